The summed E-state index contributed by atoms with van der Waals surface area (Å²) in [5, 5.41) is 0. The van der Waals surface area contributed by atoms with Gasteiger partial charge in [0.1, 0.15) is 6.04 Å². The summed E-state index contributed by atoms with van der Waals surface area (Å²) in [5.74, 6) is -0.366. The minimum Gasteiger partial charge on any atom is -0.465 e. The number of carbonyl (C=O) groups excluding carboxylic acids is 1. The molecule has 1 atom stereocenters. The van der Waals surface area contributed by atoms with Gasteiger partial charge in [-0.2, -0.15) is 0 Å². The fraction of sp³-hybridized carbons (Fsp3) is 0.417. The minimum atomic E-state index is -0.618. The Bertz CT molecular complexity index is 353. The molecule has 0 spiro atoms. The predicted octanol–water partition coefficient (Wildman–Crippen LogP) is 0.578. The lowest BCUT2D eigenvalue weighted by Crippen LogP contribution is -2.34. The molecule has 0 aliphatic carbocycles. The zero-order valence-corrected chi connectivity index (χ0v) is 9.48. The van der Waals surface area contributed by atoms with Crippen molar-refractivity contribution in [1.82, 2.24) is 0 Å². The second-order valence-electron chi connectivity index (χ2n) is 3.54. The molecule has 0 aromatic heterocycles. The van der Waals surface area contributed by atoms with Gasteiger partial charge < -0.3 is 16.2 Å². The Morgan fingerprint density at radius 3 is 2.56 bits per heavy atom. The molecular weight excluding hydrogens is 204 g/mol. The summed E-state index contributed by atoms with van der Waals surface area (Å²) < 4.78 is 4.85. The molecule has 0 saturated heterocycles. The maximum atomic E-state index is 11.4. The Hall–Kier alpha value is -1.39. The number of carbonyl (C=O) groups is 1. The highest BCUT2D eigenvalue weighted by atomic mass is 16.5. The molecule has 0 saturated carbocycles. The molecule has 1 unspecified atom stereocenters. The molecule has 1 aromatic carbocycles. The zero-order valence-electron chi connectivity index (χ0n) is 9.48. The summed E-state index contributed by atoms with van der Waals surface area (Å²) in [6.07, 6.45) is 0.464. The van der Waals surface area contributed by atoms with Crippen LogP contribution in [0.5, 0.6) is 0 Å². The molecular formula is C12H18N2O2. The molecule has 1 rings (SSSR count). The van der Waals surface area contributed by atoms with Crippen LogP contribution in [-0.4, -0.2) is 18.6 Å². The van der Waals surface area contributed by atoms with E-state index >= 15 is 0 Å². The van der Waals surface area contributed by atoms with E-state index in [0.717, 1.165) is 11.1 Å². The van der Waals surface area contributed by atoms with Crippen molar-refractivity contribution in [2.24, 2.45) is 11.5 Å². The summed E-state index contributed by atoms with van der Waals surface area (Å²) in [5.41, 5.74) is 13.4. The molecule has 4 heteroatoms. The number of ether oxygens (including phenoxy) is 1. The van der Waals surface area contributed by atoms with Crippen molar-refractivity contribution in [1.29, 1.82) is 0 Å². The standard InChI is InChI=1S/C12H18N2O2/c1-2-16-12(15)11(14)7-9-5-3-4-6-10(9)8-13/h3-6,11H,2,7-8,13-14H2,1H3. The quantitative estimate of drug-likeness (QED) is 0.714. The van der Waals surface area contributed by atoms with Crippen LogP contribution in [0.4, 0.5) is 0 Å². The smallest absolute Gasteiger partial charge is 0.323 e. The van der Waals surface area contributed by atoms with Gasteiger partial charge in [-0.05, 0) is 24.5 Å². The Morgan fingerprint density at radius 2 is 2.00 bits per heavy atom. The van der Waals surface area contributed by atoms with Gasteiger partial charge in [-0.25, -0.2) is 0 Å². The minimum absolute atomic E-state index is 0.352. The van der Waals surface area contributed by atoms with Gasteiger partial charge in [0.15, 0.2) is 0 Å². The highest BCUT2D eigenvalue weighted by molar-refractivity contribution is 5.75. The molecule has 0 bridgehead atoms. The molecule has 0 heterocycles. The third-order valence-electron chi connectivity index (χ3n) is 2.37. The topological polar surface area (TPSA) is 78.3 Å². The van der Waals surface area contributed by atoms with Crippen molar-refractivity contribution in [3.63, 3.8) is 0 Å². The number of nitrogens with two attached hydrogens (primary N) is 2. The van der Waals surface area contributed by atoms with Crippen LogP contribution in [0.3, 0.4) is 0 Å². The maximum Gasteiger partial charge on any atom is 0.323 e. The summed E-state index contributed by atoms with van der Waals surface area (Å²) in [6, 6.07) is 7.08. The second kappa shape index (κ2) is 6.25. The maximum absolute atomic E-state index is 11.4. The van der Waals surface area contributed by atoms with Crippen molar-refractivity contribution in [2.45, 2.75) is 25.9 Å². The van der Waals surface area contributed by atoms with Gasteiger partial charge in [-0.15, -0.1) is 0 Å². The molecule has 4 N–H and O–H groups in total. The summed E-state index contributed by atoms with van der Waals surface area (Å²) in [6.45, 7) is 2.56. The van der Waals surface area contributed by atoms with Crippen LogP contribution >= 0.6 is 0 Å². The van der Waals surface area contributed by atoms with Crippen molar-refractivity contribution < 1.29 is 9.53 Å². The normalized spacial score (nSPS) is 12.2. The van der Waals surface area contributed by atoms with Gasteiger partial charge in [0.05, 0.1) is 6.61 Å². The van der Waals surface area contributed by atoms with E-state index in [0.29, 0.717) is 19.6 Å². The Labute approximate surface area is 95.6 Å². The lowest BCUT2D eigenvalue weighted by atomic mass is 10.0. The van der Waals surface area contributed by atoms with Gasteiger partial charge in [0.25, 0.3) is 0 Å². The molecule has 0 aliphatic rings. The second-order valence-corrected chi connectivity index (χ2v) is 3.54. The monoisotopic (exact) mass is 222 g/mol. The van der Waals surface area contributed by atoms with E-state index in [2.05, 4.69) is 0 Å². The van der Waals surface area contributed by atoms with Crippen LogP contribution in [-0.2, 0) is 22.5 Å². The SMILES string of the molecule is CCOC(=O)C(N)Cc1ccccc1CN. The summed E-state index contributed by atoms with van der Waals surface area (Å²) >= 11 is 0. The van der Waals surface area contributed by atoms with E-state index in [1.165, 1.54) is 0 Å². The Balaban J connectivity index is 2.68. The van der Waals surface area contributed by atoms with E-state index in [4.69, 9.17) is 16.2 Å². The fourth-order valence-electron chi connectivity index (χ4n) is 1.53. The number of hydrogen-bond acceptors (Lipinski definition) is 4. The fourth-order valence-corrected chi connectivity index (χ4v) is 1.53. The number of benzene rings is 1. The molecule has 1 aromatic rings. The van der Waals surface area contributed by atoms with E-state index < -0.39 is 6.04 Å². The first-order chi connectivity index (χ1) is 7.69. The third-order valence-corrected chi connectivity index (χ3v) is 2.37. The molecule has 4 nitrogen and oxygen atoms in total. The highest BCUT2D eigenvalue weighted by Gasteiger charge is 2.16. The number of hydrogen-bond donors (Lipinski definition) is 2. The molecule has 0 amide bonds. The van der Waals surface area contributed by atoms with E-state index in [9.17, 15) is 4.79 Å². The van der Waals surface area contributed by atoms with Gasteiger partial charge in [-0.1, -0.05) is 24.3 Å². The Morgan fingerprint density at radius 1 is 1.38 bits per heavy atom. The number of esters is 1. The average molecular weight is 222 g/mol. The van der Waals surface area contributed by atoms with E-state index in [1.54, 1.807) is 6.92 Å². The van der Waals surface area contributed by atoms with Crippen LogP contribution in [0, 0.1) is 0 Å². The largest absolute Gasteiger partial charge is 0.465 e. The van der Waals surface area contributed by atoms with Crippen molar-refractivity contribution in [3.8, 4) is 0 Å². The molecule has 88 valence electrons. The van der Waals surface area contributed by atoms with E-state index in [-0.39, 0.29) is 5.97 Å². The zero-order chi connectivity index (χ0) is 12.0. The van der Waals surface area contributed by atoms with Crippen molar-refractivity contribution >= 4 is 5.97 Å². The summed E-state index contributed by atoms with van der Waals surface area (Å²) in [4.78, 5) is 11.4. The van der Waals surface area contributed by atoms with Crippen LogP contribution < -0.4 is 11.5 Å². The van der Waals surface area contributed by atoms with Gasteiger partial charge in [0, 0.05) is 6.54 Å². The van der Waals surface area contributed by atoms with Gasteiger partial charge >= 0.3 is 5.97 Å². The average Bonchev–Trinajstić information content (AvgIpc) is 2.30. The van der Waals surface area contributed by atoms with Crippen molar-refractivity contribution in [2.75, 3.05) is 6.61 Å². The number of rotatable bonds is 5. The van der Waals surface area contributed by atoms with Crippen LogP contribution in [0.1, 0.15) is 18.1 Å². The van der Waals surface area contributed by atoms with Crippen LogP contribution in [0.25, 0.3) is 0 Å². The van der Waals surface area contributed by atoms with Gasteiger partial charge in [-0.3, -0.25) is 4.79 Å². The lowest BCUT2D eigenvalue weighted by molar-refractivity contribution is -0.144. The third kappa shape index (κ3) is 3.32. The lowest BCUT2D eigenvalue weighted by Gasteiger charge is -2.12. The first-order valence-corrected chi connectivity index (χ1v) is 5.38. The first-order valence-electron chi connectivity index (χ1n) is 5.38. The van der Waals surface area contributed by atoms with Crippen LogP contribution in [0.2, 0.25) is 0 Å². The first kappa shape index (κ1) is 12.7. The van der Waals surface area contributed by atoms with Gasteiger partial charge in [0.2, 0.25) is 0 Å². The van der Waals surface area contributed by atoms with Crippen LogP contribution in [0.15, 0.2) is 24.3 Å². The molecule has 0 radical (unpaired) electrons. The molecule has 0 fully saturated rings. The van der Waals surface area contributed by atoms with Crippen molar-refractivity contribution in [3.05, 3.63) is 35.4 Å². The molecule has 16 heavy (non-hydrogen) atoms. The summed E-state index contributed by atoms with van der Waals surface area (Å²) in [7, 11) is 0. The predicted molar refractivity (Wildman–Crippen MR) is 62.6 cm³/mol. The van der Waals surface area contributed by atoms with E-state index in [1.807, 2.05) is 24.3 Å². The highest BCUT2D eigenvalue weighted by Crippen LogP contribution is 2.10. The Kier molecular flexibility index (Phi) is 4.95. The molecule has 0 aliphatic heterocycles.